The molecule has 2 fully saturated rings. The Hall–Kier alpha value is -2.72. The Balaban J connectivity index is 1.26. The van der Waals surface area contributed by atoms with Crippen molar-refractivity contribution in [2.45, 2.75) is 31.5 Å². The molecule has 3 unspecified atom stereocenters. The van der Waals surface area contributed by atoms with Gasteiger partial charge in [-0.3, -0.25) is 10.2 Å². The van der Waals surface area contributed by atoms with Gasteiger partial charge in [-0.15, -0.1) is 5.10 Å². The average molecular weight is 371 g/mol. The zero-order valence-electron chi connectivity index (χ0n) is 14.7. The van der Waals surface area contributed by atoms with Crippen LogP contribution in [0.1, 0.15) is 24.4 Å². The molecule has 4 heterocycles. The number of nitrogens with one attached hydrogen (secondary N) is 2. The molecule has 27 heavy (non-hydrogen) atoms. The molecule has 1 aromatic carbocycles. The van der Waals surface area contributed by atoms with E-state index in [1.54, 1.807) is 4.68 Å². The summed E-state index contributed by atoms with van der Waals surface area (Å²) in [6.45, 7) is 2.25. The Morgan fingerprint density at radius 2 is 2.19 bits per heavy atom. The smallest absolute Gasteiger partial charge is 0.231 e. The van der Waals surface area contributed by atoms with Crippen LogP contribution >= 0.6 is 0 Å². The van der Waals surface area contributed by atoms with Crippen molar-refractivity contribution in [3.8, 4) is 11.5 Å². The fraction of sp³-hybridized carbons (Fsp3) is 0.529. The highest BCUT2D eigenvalue weighted by atomic mass is 16.7. The van der Waals surface area contributed by atoms with Crippen molar-refractivity contribution in [1.82, 2.24) is 36.0 Å². The number of benzene rings is 1. The number of piperidine rings is 1. The number of rotatable bonds is 4. The Labute approximate surface area is 155 Å². The van der Waals surface area contributed by atoms with E-state index in [1.807, 2.05) is 17.0 Å². The quantitative estimate of drug-likeness (QED) is 0.765. The van der Waals surface area contributed by atoms with Crippen LogP contribution in [0, 0.1) is 5.92 Å². The van der Waals surface area contributed by atoms with Crippen molar-refractivity contribution in [1.29, 1.82) is 0 Å². The van der Waals surface area contributed by atoms with Crippen LogP contribution in [0.25, 0.3) is 0 Å². The summed E-state index contributed by atoms with van der Waals surface area (Å²) in [5.74, 6) is 2.00. The number of hydrazine groups is 1. The summed E-state index contributed by atoms with van der Waals surface area (Å²) in [7, 11) is 0. The summed E-state index contributed by atoms with van der Waals surface area (Å²) >= 11 is 0. The summed E-state index contributed by atoms with van der Waals surface area (Å²) in [6.07, 6.45) is 2.85. The third kappa shape index (κ3) is 3.10. The van der Waals surface area contributed by atoms with Crippen LogP contribution in [0.5, 0.6) is 11.5 Å². The number of likely N-dealkylation sites (tertiary alicyclic amines) is 1. The molecule has 0 aliphatic carbocycles. The maximum absolute atomic E-state index is 12.6. The van der Waals surface area contributed by atoms with E-state index in [9.17, 15) is 4.79 Å². The van der Waals surface area contributed by atoms with Crippen molar-refractivity contribution in [2.75, 3.05) is 19.9 Å². The van der Waals surface area contributed by atoms with Crippen molar-refractivity contribution in [3.05, 3.63) is 30.1 Å². The highest BCUT2D eigenvalue weighted by molar-refractivity contribution is 5.76. The van der Waals surface area contributed by atoms with E-state index in [1.165, 1.54) is 6.33 Å². The van der Waals surface area contributed by atoms with E-state index in [0.717, 1.165) is 36.6 Å². The number of aromatic nitrogens is 4. The van der Waals surface area contributed by atoms with Crippen molar-refractivity contribution >= 4 is 5.91 Å². The Bertz CT molecular complexity index is 828. The maximum Gasteiger partial charge on any atom is 0.231 e. The lowest BCUT2D eigenvalue weighted by Gasteiger charge is -2.36. The number of ether oxygens (including phenoxy) is 2. The first-order valence-corrected chi connectivity index (χ1v) is 9.17. The second-order valence-electron chi connectivity index (χ2n) is 7.10. The first-order chi connectivity index (χ1) is 13.3. The molecule has 0 bridgehead atoms. The molecule has 10 heteroatoms. The number of hydrogen-bond donors (Lipinski definition) is 2. The lowest BCUT2D eigenvalue weighted by molar-refractivity contribution is -0.133. The van der Waals surface area contributed by atoms with Gasteiger partial charge in [0, 0.05) is 31.5 Å². The monoisotopic (exact) mass is 371 g/mol. The molecule has 142 valence electrons. The van der Waals surface area contributed by atoms with Gasteiger partial charge in [0.1, 0.15) is 6.33 Å². The molecule has 10 nitrogen and oxygen atoms in total. The van der Waals surface area contributed by atoms with Gasteiger partial charge in [-0.05, 0) is 34.5 Å². The van der Waals surface area contributed by atoms with Crippen LogP contribution in [0.3, 0.4) is 0 Å². The normalized spacial score (nSPS) is 26.2. The minimum absolute atomic E-state index is 0.125. The molecule has 2 N–H and O–H groups in total. The SMILES string of the molecule is O=C(CCn1cnnn1)N1CCC2NNC(c3ccc4c(c3)OCO4)C2C1. The van der Waals surface area contributed by atoms with Crippen LogP contribution < -0.4 is 20.3 Å². The number of nitrogens with zero attached hydrogens (tertiary/aromatic N) is 5. The van der Waals surface area contributed by atoms with Crippen molar-refractivity contribution < 1.29 is 14.3 Å². The van der Waals surface area contributed by atoms with E-state index in [2.05, 4.69) is 32.4 Å². The number of hydrogen-bond acceptors (Lipinski definition) is 8. The van der Waals surface area contributed by atoms with Gasteiger partial charge in [-0.1, -0.05) is 6.07 Å². The third-order valence-corrected chi connectivity index (χ3v) is 5.57. The lowest BCUT2D eigenvalue weighted by atomic mass is 9.85. The number of carbonyl (C=O) groups excluding carboxylic acids is 1. The summed E-state index contributed by atoms with van der Waals surface area (Å²) in [5.41, 5.74) is 7.94. The predicted octanol–water partition coefficient (Wildman–Crippen LogP) is -0.142. The molecular formula is C17H21N7O3. The molecule has 3 atom stereocenters. The largest absolute Gasteiger partial charge is 0.454 e. The summed E-state index contributed by atoms with van der Waals surface area (Å²) < 4.78 is 12.5. The molecule has 3 aliphatic heterocycles. The van der Waals surface area contributed by atoms with Gasteiger partial charge in [-0.2, -0.15) is 0 Å². The Morgan fingerprint density at radius 1 is 1.26 bits per heavy atom. The minimum Gasteiger partial charge on any atom is -0.454 e. The Kier molecular flexibility index (Phi) is 4.13. The van der Waals surface area contributed by atoms with Gasteiger partial charge < -0.3 is 14.4 Å². The summed E-state index contributed by atoms with van der Waals surface area (Å²) in [5, 5.41) is 11.0. The lowest BCUT2D eigenvalue weighted by Crippen LogP contribution is -2.48. The van der Waals surface area contributed by atoms with Crippen molar-refractivity contribution in [2.24, 2.45) is 5.92 Å². The van der Waals surface area contributed by atoms with Crippen LogP contribution in [0.2, 0.25) is 0 Å². The first kappa shape index (κ1) is 16.5. The molecule has 0 spiro atoms. The summed E-state index contributed by atoms with van der Waals surface area (Å²) in [6, 6.07) is 6.52. The first-order valence-electron chi connectivity index (χ1n) is 9.17. The fourth-order valence-electron chi connectivity index (χ4n) is 4.12. The molecule has 2 aromatic rings. The molecule has 5 rings (SSSR count). The van der Waals surface area contributed by atoms with Gasteiger partial charge in [-0.25, -0.2) is 10.1 Å². The van der Waals surface area contributed by atoms with Gasteiger partial charge in [0.2, 0.25) is 12.7 Å². The van der Waals surface area contributed by atoms with Crippen molar-refractivity contribution in [3.63, 3.8) is 0 Å². The standard InChI is InChI=1S/C17H21N7O3/c25-16(4-6-24-9-18-21-22-24)23-5-3-13-12(8-23)17(20-19-13)11-1-2-14-15(7-11)27-10-26-14/h1-2,7,9,12-13,17,19-20H,3-6,8,10H2. The Morgan fingerprint density at radius 3 is 3.07 bits per heavy atom. The van der Waals surface area contributed by atoms with E-state index >= 15 is 0 Å². The number of carbonyl (C=O) groups is 1. The number of aryl methyl sites for hydroxylation is 1. The second kappa shape index (κ2) is 6.78. The molecule has 2 saturated heterocycles. The average Bonchev–Trinajstić information content (AvgIpc) is 3.45. The predicted molar refractivity (Wildman–Crippen MR) is 92.5 cm³/mol. The third-order valence-electron chi connectivity index (χ3n) is 5.57. The maximum atomic E-state index is 12.6. The number of amides is 1. The molecule has 1 amide bonds. The highest BCUT2D eigenvalue weighted by Gasteiger charge is 2.41. The van der Waals surface area contributed by atoms with Gasteiger partial charge in [0.15, 0.2) is 11.5 Å². The van der Waals surface area contributed by atoms with Gasteiger partial charge in [0.25, 0.3) is 0 Å². The zero-order chi connectivity index (χ0) is 18.2. The molecule has 3 aliphatic rings. The minimum atomic E-state index is 0.125. The molecular weight excluding hydrogens is 350 g/mol. The van der Waals surface area contributed by atoms with Crippen LogP contribution in [-0.4, -0.2) is 56.9 Å². The van der Waals surface area contributed by atoms with Gasteiger partial charge in [0.05, 0.1) is 12.6 Å². The molecule has 1 aromatic heterocycles. The fourth-order valence-corrected chi connectivity index (χ4v) is 4.12. The second-order valence-corrected chi connectivity index (χ2v) is 7.10. The molecule has 0 radical (unpaired) electrons. The van der Waals surface area contributed by atoms with E-state index < -0.39 is 0 Å². The molecule has 0 saturated carbocycles. The topological polar surface area (TPSA) is 106 Å². The van der Waals surface area contributed by atoms with E-state index in [0.29, 0.717) is 24.9 Å². The van der Waals surface area contributed by atoms with Gasteiger partial charge >= 0.3 is 0 Å². The number of tetrazole rings is 1. The summed E-state index contributed by atoms with van der Waals surface area (Å²) in [4.78, 5) is 14.6. The number of fused-ring (bicyclic) bond motifs is 2. The highest BCUT2D eigenvalue weighted by Crippen LogP contribution is 2.39. The van der Waals surface area contributed by atoms with E-state index in [4.69, 9.17) is 9.47 Å². The van der Waals surface area contributed by atoms with Crippen LogP contribution in [0.4, 0.5) is 0 Å². The zero-order valence-corrected chi connectivity index (χ0v) is 14.7. The van der Waals surface area contributed by atoms with Crippen LogP contribution in [-0.2, 0) is 11.3 Å². The van der Waals surface area contributed by atoms with E-state index in [-0.39, 0.29) is 18.7 Å². The van der Waals surface area contributed by atoms with Crippen LogP contribution in [0.15, 0.2) is 24.5 Å².